The molecule has 3 aliphatic heterocycles. The number of nitrogens with one attached hydrogen (secondary N) is 2. The predicted molar refractivity (Wildman–Crippen MR) is 131 cm³/mol. The third-order valence-corrected chi connectivity index (χ3v) is 7.35. The Morgan fingerprint density at radius 1 is 1.29 bits per heavy atom. The minimum atomic E-state index is -0.980. The molecule has 3 N–H and O–H groups in total. The Morgan fingerprint density at radius 3 is 3.09 bits per heavy atom. The Kier molecular flexibility index (Phi) is 5.39. The molecule has 35 heavy (non-hydrogen) atoms. The van der Waals surface area contributed by atoms with E-state index in [1.54, 1.807) is 24.8 Å². The lowest BCUT2D eigenvalue weighted by atomic mass is 9.90. The van der Waals surface area contributed by atoms with Crippen LogP contribution in [0.4, 0.5) is 0 Å². The second-order valence-electron chi connectivity index (χ2n) is 9.41. The molecule has 180 valence electrons. The van der Waals surface area contributed by atoms with E-state index >= 15 is 0 Å². The largest absolute Gasteiger partial charge is 0.495 e. The van der Waals surface area contributed by atoms with E-state index in [-0.39, 0.29) is 18.5 Å². The molecular formula is C26H27N5O4. The fraction of sp³-hybridized carbons (Fsp3) is 0.385. The summed E-state index contributed by atoms with van der Waals surface area (Å²) in [5, 5.41) is 13.3. The number of nitrogens with zero attached hydrogens (tertiary/aromatic N) is 3. The number of carbonyl (C=O) groups is 2. The van der Waals surface area contributed by atoms with Crippen LogP contribution >= 0.6 is 0 Å². The van der Waals surface area contributed by atoms with Crippen LogP contribution in [-0.4, -0.2) is 64.0 Å². The number of ether oxygens (including phenoxy) is 1. The number of aliphatic carboxylic acids is 1. The van der Waals surface area contributed by atoms with Gasteiger partial charge in [-0.05, 0) is 48.6 Å². The van der Waals surface area contributed by atoms with Crippen molar-refractivity contribution in [2.75, 3.05) is 6.54 Å². The topological polar surface area (TPSA) is 119 Å². The number of aliphatic imine (C=N–C) groups is 2. The lowest BCUT2D eigenvalue weighted by molar-refractivity contribution is -0.153. The maximum atomic E-state index is 13.6. The Labute approximate surface area is 202 Å². The molecule has 4 heterocycles. The second-order valence-corrected chi connectivity index (χ2v) is 9.41. The molecule has 2 aliphatic carbocycles. The molecule has 9 heteroatoms. The molecule has 4 atom stereocenters. The van der Waals surface area contributed by atoms with Crippen molar-refractivity contribution in [2.24, 2.45) is 15.9 Å². The third kappa shape index (κ3) is 3.90. The summed E-state index contributed by atoms with van der Waals surface area (Å²) in [4.78, 5) is 39.6. The number of carbonyl (C=O) groups excluding carboxylic acids is 1. The Hall–Kier alpha value is -3.88. The minimum Gasteiger partial charge on any atom is -0.495 e. The summed E-state index contributed by atoms with van der Waals surface area (Å²) in [5.41, 5.74) is 6.06. The number of aromatic amines is 1. The van der Waals surface area contributed by atoms with Gasteiger partial charge in [0.25, 0.3) is 0 Å². The molecule has 9 nitrogen and oxygen atoms in total. The first kappa shape index (κ1) is 21.6. The van der Waals surface area contributed by atoms with E-state index < -0.39 is 24.0 Å². The van der Waals surface area contributed by atoms with E-state index in [1.807, 2.05) is 6.08 Å². The van der Waals surface area contributed by atoms with Gasteiger partial charge in [0, 0.05) is 35.9 Å². The van der Waals surface area contributed by atoms with Gasteiger partial charge in [-0.2, -0.15) is 0 Å². The summed E-state index contributed by atoms with van der Waals surface area (Å²) in [7, 11) is 0. The van der Waals surface area contributed by atoms with Crippen molar-refractivity contribution >= 4 is 30.4 Å². The highest BCUT2D eigenvalue weighted by Gasteiger charge is 2.42. The number of rotatable bonds is 5. The summed E-state index contributed by atoms with van der Waals surface area (Å²) < 4.78 is 5.75. The summed E-state index contributed by atoms with van der Waals surface area (Å²) in [6, 6.07) is -0.828. The molecule has 1 aromatic rings. The fourth-order valence-corrected chi connectivity index (χ4v) is 5.52. The number of hydrogen-bond donors (Lipinski definition) is 3. The normalized spacial score (nSPS) is 27.9. The van der Waals surface area contributed by atoms with Crippen molar-refractivity contribution in [3.63, 3.8) is 0 Å². The van der Waals surface area contributed by atoms with Gasteiger partial charge in [-0.3, -0.25) is 14.8 Å². The predicted octanol–water partition coefficient (Wildman–Crippen LogP) is 2.13. The molecular weight excluding hydrogens is 446 g/mol. The van der Waals surface area contributed by atoms with Crippen LogP contribution < -0.4 is 5.32 Å². The first-order chi connectivity index (χ1) is 17.1. The van der Waals surface area contributed by atoms with Crippen molar-refractivity contribution in [2.45, 2.75) is 50.4 Å². The molecule has 0 saturated carbocycles. The lowest BCUT2D eigenvalue weighted by Gasteiger charge is -2.35. The number of H-pyrrole nitrogens is 1. The number of carboxylic acids is 1. The third-order valence-electron chi connectivity index (χ3n) is 7.35. The SMILES string of the molecule is O=C(O)[C@H]1Cc2c([nH]c3c2CCC=C3)CN1C(=O)C1C=COC1CNC1=CCC2N=CC=NC2=C1. The van der Waals surface area contributed by atoms with Crippen molar-refractivity contribution in [3.05, 3.63) is 64.5 Å². The van der Waals surface area contributed by atoms with E-state index in [2.05, 4.69) is 38.5 Å². The molecule has 0 fully saturated rings. The van der Waals surface area contributed by atoms with E-state index in [1.165, 1.54) is 10.5 Å². The molecule has 0 saturated heterocycles. The monoisotopic (exact) mass is 473 g/mol. The first-order valence-corrected chi connectivity index (χ1v) is 12.0. The Bertz CT molecular complexity index is 1250. The van der Waals surface area contributed by atoms with Gasteiger partial charge in [0.2, 0.25) is 5.91 Å². The quantitative estimate of drug-likeness (QED) is 0.605. The number of allylic oxidation sites excluding steroid dienone is 2. The van der Waals surface area contributed by atoms with Crippen molar-refractivity contribution in [1.82, 2.24) is 15.2 Å². The van der Waals surface area contributed by atoms with Gasteiger partial charge in [0.05, 0.1) is 37.0 Å². The van der Waals surface area contributed by atoms with Crippen LogP contribution in [0.2, 0.25) is 0 Å². The first-order valence-electron chi connectivity index (χ1n) is 12.0. The standard InChI is InChI=1S/C26H27N5O4/c32-25(31-14-22-18(12-23(31)26(33)34)16-3-1-2-4-19(16)30-22)17-7-10-35-24(17)13-29-15-5-6-20-21(11-15)28-9-8-27-20/h2,4-5,7-11,17,20,23-24,29-30H,1,3,6,12-14H2,(H,33,34)/t17?,20?,23-,24?/m1/s1. The van der Waals surface area contributed by atoms with E-state index in [0.717, 1.165) is 47.6 Å². The Morgan fingerprint density at radius 2 is 2.20 bits per heavy atom. The number of hydrogen-bond acceptors (Lipinski definition) is 6. The van der Waals surface area contributed by atoms with Crippen LogP contribution in [0.5, 0.6) is 0 Å². The van der Waals surface area contributed by atoms with Gasteiger partial charge in [-0.25, -0.2) is 4.79 Å². The van der Waals surface area contributed by atoms with Crippen LogP contribution in [-0.2, 0) is 33.7 Å². The molecule has 0 aromatic carbocycles. The second kappa shape index (κ2) is 8.72. The van der Waals surface area contributed by atoms with Crippen LogP contribution in [0.15, 0.2) is 51.9 Å². The summed E-state index contributed by atoms with van der Waals surface area (Å²) in [6.07, 6.45) is 17.4. The zero-order chi connectivity index (χ0) is 23.9. The van der Waals surface area contributed by atoms with E-state index in [4.69, 9.17) is 4.74 Å². The average molecular weight is 474 g/mol. The number of fused-ring (bicyclic) bond motifs is 4. The molecule has 0 bridgehead atoms. The van der Waals surface area contributed by atoms with Crippen molar-refractivity contribution < 1.29 is 19.4 Å². The molecule has 6 rings (SSSR count). The highest BCUT2D eigenvalue weighted by Crippen LogP contribution is 2.34. The summed E-state index contributed by atoms with van der Waals surface area (Å²) in [6.45, 7) is 0.669. The zero-order valence-corrected chi connectivity index (χ0v) is 19.2. The molecule has 5 aliphatic rings. The summed E-state index contributed by atoms with van der Waals surface area (Å²) in [5.74, 6) is -1.77. The smallest absolute Gasteiger partial charge is 0.326 e. The highest BCUT2D eigenvalue weighted by atomic mass is 16.5. The average Bonchev–Trinajstić information content (AvgIpc) is 3.50. The van der Waals surface area contributed by atoms with Crippen LogP contribution in [0, 0.1) is 5.92 Å². The Balaban J connectivity index is 1.17. The van der Waals surface area contributed by atoms with Gasteiger partial charge in [-0.1, -0.05) is 12.2 Å². The minimum absolute atomic E-state index is 0.0652. The molecule has 0 radical (unpaired) electrons. The van der Waals surface area contributed by atoms with Crippen molar-refractivity contribution in [1.29, 1.82) is 0 Å². The summed E-state index contributed by atoms with van der Waals surface area (Å²) >= 11 is 0. The van der Waals surface area contributed by atoms with E-state index in [0.29, 0.717) is 13.0 Å². The highest BCUT2D eigenvalue weighted by molar-refractivity contribution is 6.17. The van der Waals surface area contributed by atoms with E-state index in [9.17, 15) is 14.7 Å². The van der Waals surface area contributed by atoms with Crippen LogP contribution in [0.3, 0.4) is 0 Å². The van der Waals surface area contributed by atoms with Gasteiger partial charge in [-0.15, -0.1) is 0 Å². The van der Waals surface area contributed by atoms with Crippen LogP contribution in [0.1, 0.15) is 35.4 Å². The number of carboxylic acid groups (broad SMARTS) is 1. The maximum Gasteiger partial charge on any atom is 0.326 e. The molecule has 1 aromatic heterocycles. The molecule has 0 spiro atoms. The van der Waals surface area contributed by atoms with Crippen molar-refractivity contribution in [3.8, 4) is 0 Å². The van der Waals surface area contributed by atoms with Gasteiger partial charge >= 0.3 is 5.97 Å². The number of aromatic nitrogens is 1. The van der Waals surface area contributed by atoms with Gasteiger partial charge < -0.3 is 25.0 Å². The number of amides is 1. The van der Waals surface area contributed by atoms with Crippen LogP contribution in [0.25, 0.3) is 6.08 Å². The maximum absolute atomic E-state index is 13.6. The lowest BCUT2D eigenvalue weighted by Crippen LogP contribution is -2.52. The molecule has 1 amide bonds. The zero-order valence-electron chi connectivity index (χ0n) is 19.2. The molecule has 3 unspecified atom stereocenters. The van der Waals surface area contributed by atoms with Gasteiger partial charge in [0.1, 0.15) is 12.1 Å². The van der Waals surface area contributed by atoms with Gasteiger partial charge in [0.15, 0.2) is 0 Å². The fourth-order valence-electron chi connectivity index (χ4n) is 5.52.